The third kappa shape index (κ3) is 2.95. The molecule has 0 radical (unpaired) electrons. The zero-order chi connectivity index (χ0) is 18.1. The molecule has 1 saturated carbocycles. The number of amides is 1. The Kier molecular flexibility index (Phi) is 4.79. The van der Waals surface area contributed by atoms with Crippen LogP contribution in [0.3, 0.4) is 0 Å². The number of nitrogens with zero attached hydrogens (tertiary/aromatic N) is 6. The molecule has 0 aromatic carbocycles. The minimum absolute atomic E-state index is 0.108. The van der Waals surface area contributed by atoms with Crippen LogP contribution in [0.1, 0.15) is 60.7 Å². The number of aromatic nitrogens is 4. The van der Waals surface area contributed by atoms with Gasteiger partial charge in [0.05, 0.1) is 11.6 Å². The third-order valence-corrected chi connectivity index (χ3v) is 6.65. The molecule has 2 aromatic rings. The van der Waals surface area contributed by atoms with Gasteiger partial charge in [0.25, 0.3) is 5.91 Å². The van der Waals surface area contributed by atoms with Crippen LogP contribution in [0, 0.1) is 0 Å². The van der Waals surface area contributed by atoms with E-state index in [9.17, 15) is 4.79 Å². The van der Waals surface area contributed by atoms with Crippen LogP contribution in [0.15, 0.2) is 16.8 Å². The van der Waals surface area contributed by atoms with Crippen molar-refractivity contribution in [2.24, 2.45) is 0 Å². The Bertz CT molecular complexity index is 752. The van der Waals surface area contributed by atoms with Crippen molar-refractivity contribution in [3.05, 3.63) is 28.2 Å². The standard InChI is InChI=1S/C18H26N6OS/c1-22(2)18(17-19-20-21-24(17)15-6-3-4-7-15)9-5-10-23(13-18)16(25)14-8-11-26-12-14/h8,11-12,15H,3-7,9-10,13H2,1-2H3. The maximum absolute atomic E-state index is 12.9. The Morgan fingerprint density at radius 2 is 2.12 bits per heavy atom. The summed E-state index contributed by atoms with van der Waals surface area (Å²) in [6.45, 7) is 1.41. The van der Waals surface area contributed by atoms with Gasteiger partial charge in [-0.25, -0.2) is 4.68 Å². The molecule has 7 nitrogen and oxygen atoms in total. The molecule has 2 aromatic heterocycles. The molecule has 8 heteroatoms. The van der Waals surface area contributed by atoms with E-state index in [4.69, 9.17) is 0 Å². The van der Waals surface area contributed by atoms with Gasteiger partial charge in [0.1, 0.15) is 5.54 Å². The molecule has 1 unspecified atom stereocenters. The summed E-state index contributed by atoms with van der Waals surface area (Å²) in [6.07, 6.45) is 6.66. The van der Waals surface area contributed by atoms with Gasteiger partial charge in [0, 0.05) is 18.5 Å². The number of carbonyl (C=O) groups excluding carboxylic acids is 1. The Balaban J connectivity index is 1.67. The molecule has 1 saturated heterocycles. The van der Waals surface area contributed by atoms with Crippen molar-refractivity contribution in [2.75, 3.05) is 27.2 Å². The molecule has 2 aliphatic rings. The number of tetrazole rings is 1. The van der Waals surface area contributed by atoms with E-state index in [0.717, 1.165) is 43.6 Å². The summed E-state index contributed by atoms with van der Waals surface area (Å²) in [7, 11) is 4.15. The molecular formula is C18H26N6OS. The second-order valence-corrected chi connectivity index (χ2v) is 8.43. The number of hydrogen-bond acceptors (Lipinski definition) is 6. The molecule has 0 spiro atoms. The van der Waals surface area contributed by atoms with E-state index in [2.05, 4.69) is 34.5 Å². The highest BCUT2D eigenvalue weighted by atomic mass is 32.1. The first-order valence-corrected chi connectivity index (χ1v) is 10.3. The molecule has 1 atom stereocenters. The van der Waals surface area contributed by atoms with Crippen molar-refractivity contribution in [2.45, 2.75) is 50.1 Å². The highest BCUT2D eigenvalue weighted by molar-refractivity contribution is 7.08. The van der Waals surface area contributed by atoms with Crippen LogP contribution in [-0.2, 0) is 5.54 Å². The van der Waals surface area contributed by atoms with Crippen molar-refractivity contribution in [1.82, 2.24) is 30.0 Å². The van der Waals surface area contributed by atoms with Crippen LogP contribution in [0.25, 0.3) is 0 Å². The van der Waals surface area contributed by atoms with Crippen LogP contribution in [0.2, 0.25) is 0 Å². The molecule has 0 N–H and O–H groups in total. The molecule has 140 valence electrons. The summed E-state index contributed by atoms with van der Waals surface area (Å²) in [5.74, 6) is 1.02. The Morgan fingerprint density at radius 1 is 1.31 bits per heavy atom. The summed E-state index contributed by atoms with van der Waals surface area (Å²) < 4.78 is 2.05. The van der Waals surface area contributed by atoms with Gasteiger partial charge in [-0.2, -0.15) is 11.3 Å². The average Bonchev–Trinajstić information content (AvgIpc) is 3.42. The van der Waals surface area contributed by atoms with Gasteiger partial charge < -0.3 is 4.90 Å². The van der Waals surface area contributed by atoms with E-state index in [-0.39, 0.29) is 11.4 Å². The fourth-order valence-electron chi connectivity index (χ4n) is 4.42. The van der Waals surface area contributed by atoms with Crippen LogP contribution < -0.4 is 0 Å². The molecule has 26 heavy (non-hydrogen) atoms. The summed E-state index contributed by atoms with van der Waals surface area (Å²) in [5, 5.41) is 16.7. The van der Waals surface area contributed by atoms with Gasteiger partial charge >= 0.3 is 0 Å². The van der Waals surface area contributed by atoms with E-state index in [1.807, 2.05) is 26.4 Å². The normalized spacial score (nSPS) is 24.5. The first kappa shape index (κ1) is 17.6. The predicted molar refractivity (Wildman–Crippen MR) is 100 cm³/mol. The Hall–Kier alpha value is -1.80. The average molecular weight is 375 g/mol. The van der Waals surface area contributed by atoms with Gasteiger partial charge in [-0.05, 0) is 61.7 Å². The van der Waals surface area contributed by atoms with Gasteiger partial charge in [-0.3, -0.25) is 9.69 Å². The van der Waals surface area contributed by atoms with Gasteiger partial charge in [-0.1, -0.05) is 12.8 Å². The summed E-state index contributed by atoms with van der Waals surface area (Å²) in [5.41, 5.74) is 0.440. The van der Waals surface area contributed by atoms with Crippen molar-refractivity contribution in [3.63, 3.8) is 0 Å². The first-order chi connectivity index (χ1) is 12.6. The maximum atomic E-state index is 12.9. The highest BCUT2D eigenvalue weighted by Gasteiger charge is 2.45. The molecule has 1 aliphatic heterocycles. The topological polar surface area (TPSA) is 67.2 Å². The zero-order valence-electron chi connectivity index (χ0n) is 15.5. The van der Waals surface area contributed by atoms with E-state index in [0.29, 0.717) is 12.6 Å². The lowest BCUT2D eigenvalue weighted by molar-refractivity contribution is 0.0250. The van der Waals surface area contributed by atoms with Crippen molar-refractivity contribution in [3.8, 4) is 0 Å². The molecule has 0 bridgehead atoms. The lowest BCUT2D eigenvalue weighted by Gasteiger charge is -2.46. The minimum atomic E-state index is -0.337. The number of thiophene rings is 1. The predicted octanol–water partition coefficient (Wildman–Crippen LogP) is 2.54. The SMILES string of the molecule is CN(C)C1(c2nnnn2C2CCCC2)CCCN(C(=O)c2ccsc2)C1. The van der Waals surface area contributed by atoms with E-state index < -0.39 is 0 Å². The van der Waals surface area contributed by atoms with Gasteiger partial charge in [0.15, 0.2) is 5.82 Å². The molecule has 1 amide bonds. The lowest BCUT2D eigenvalue weighted by atomic mass is 9.86. The first-order valence-electron chi connectivity index (χ1n) is 9.39. The van der Waals surface area contributed by atoms with E-state index in [1.54, 1.807) is 11.3 Å². The summed E-state index contributed by atoms with van der Waals surface area (Å²) >= 11 is 1.56. The smallest absolute Gasteiger partial charge is 0.254 e. The van der Waals surface area contributed by atoms with Crippen LogP contribution in [0.5, 0.6) is 0 Å². The highest BCUT2D eigenvalue weighted by Crippen LogP contribution is 2.38. The number of likely N-dealkylation sites (tertiary alicyclic amines) is 1. The quantitative estimate of drug-likeness (QED) is 0.823. The van der Waals surface area contributed by atoms with Crippen molar-refractivity contribution in [1.29, 1.82) is 0 Å². The van der Waals surface area contributed by atoms with Gasteiger partial charge in [0.2, 0.25) is 0 Å². The number of hydrogen-bond donors (Lipinski definition) is 0. The largest absolute Gasteiger partial charge is 0.336 e. The zero-order valence-corrected chi connectivity index (χ0v) is 16.3. The molecule has 4 rings (SSSR count). The van der Waals surface area contributed by atoms with Gasteiger partial charge in [-0.15, -0.1) is 5.10 Å². The summed E-state index contributed by atoms with van der Waals surface area (Å²) in [6, 6.07) is 2.29. The molecular weight excluding hydrogens is 348 g/mol. The monoisotopic (exact) mass is 374 g/mol. The lowest BCUT2D eigenvalue weighted by Crippen LogP contribution is -2.56. The number of rotatable bonds is 4. The maximum Gasteiger partial charge on any atom is 0.254 e. The number of likely N-dealkylation sites (N-methyl/N-ethyl adjacent to an activating group) is 1. The third-order valence-electron chi connectivity index (χ3n) is 5.96. The molecule has 3 heterocycles. The van der Waals surface area contributed by atoms with E-state index in [1.165, 1.54) is 12.8 Å². The van der Waals surface area contributed by atoms with Crippen molar-refractivity contribution >= 4 is 17.2 Å². The van der Waals surface area contributed by atoms with E-state index >= 15 is 0 Å². The van der Waals surface area contributed by atoms with Crippen LogP contribution in [-0.4, -0.2) is 63.1 Å². The van der Waals surface area contributed by atoms with Crippen molar-refractivity contribution < 1.29 is 4.79 Å². The fourth-order valence-corrected chi connectivity index (χ4v) is 5.05. The Labute approximate surface area is 158 Å². The summed E-state index contributed by atoms with van der Waals surface area (Å²) in [4.78, 5) is 17.1. The fraction of sp³-hybridized carbons (Fsp3) is 0.667. The van der Waals surface area contributed by atoms with Crippen LogP contribution in [0.4, 0.5) is 0 Å². The Morgan fingerprint density at radius 3 is 2.81 bits per heavy atom. The minimum Gasteiger partial charge on any atom is -0.336 e. The van der Waals surface area contributed by atoms with Crippen LogP contribution >= 0.6 is 11.3 Å². The number of carbonyl (C=O) groups is 1. The number of piperidine rings is 1. The molecule has 1 aliphatic carbocycles. The molecule has 2 fully saturated rings. The second kappa shape index (κ2) is 7.08. The second-order valence-electron chi connectivity index (χ2n) is 7.65.